The van der Waals surface area contributed by atoms with E-state index in [1.54, 1.807) is 0 Å². The predicted octanol–water partition coefficient (Wildman–Crippen LogP) is 1.55. The van der Waals surface area contributed by atoms with Gasteiger partial charge in [0.15, 0.2) is 5.69 Å². The van der Waals surface area contributed by atoms with E-state index in [2.05, 4.69) is 14.7 Å². The number of carbonyl (C=O) groups is 1. The molecule has 0 saturated carbocycles. The molecule has 1 aromatic heterocycles. The molecule has 102 valence electrons. The highest BCUT2D eigenvalue weighted by Gasteiger charge is 2.38. The number of ether oxygens (including phenoxy) is 1. The van der Waals surface area contributed by atoms with Crippen molar-refractivity contribution < 1.29 is 22.7 Å². The summed E-state index contributed by atoms with van der Waals surface area (Å²) < 4.78 is 42.4. The van der Waals surface area contributed by atoms with Crippen molar-refractivity contribution in [1.82, 2.24) is 9.97 Å². The highest BCUT2D eigenvalue weighted by Crippen LogP contribution is 2.30. The van der Waals surface area contributed by atoms with Crippen molar-refractivity contribution in [3.05, 3.63) is 23.3 Å². The Labute approximate surface area is 107 Å². The van der Waals surface area contributed by atoms with Gasteiger partial charge in [0.2, 0.25) is 0 Å². The van der Waals surface area contributed by atoms with Crippen LogP contribution < -0.4 is 5.73 Å². The van der Waals surface area contributed by atoms with E-state index in [1.165, 1.54) is 6.92 Å². The summed E-state index contributed by atoms with van der Waals surface area (Å²) in [6, 6.07) is 0. The van der Waals surface area contributed by atoms with E-state index < -0.39 is 23.4 Å². The summed E-state index contributed by atoms with van der Waals surface area (Å²) in [6.07, 6.45) is -3.98. The molecule has 0 saturated heterocycles. The average molecular weight is 286 g/mol. The molecule has 1 aromatic rings. The molecular formula is C9H11ClF3N3O2. The van der Waals surface area contributed by atoms with Crippen LogP contribution in [0.15, 0.2) is 6.20 Å². The molecule has 18 heavy (non-hydrogen) atoms. The zero-order valence-electron chi connectivity index (χ0n) is 9.32. The quantitative estimate of drug-likeness (QED) is 0.853. The number of esters is 1. The lowest BCUT2D eigenvalue weighted by molar-refractivity contribution is -0.142. The van der Waals surface area contributed by atoms with Gasteiger partial charge in [-0.15, -0.1) is 12.4 Å². The smallest absolute Gasteiger partial charge is 0.434 e. The highest BCUT2D eigenvalue weighted by molar-refractivity contribution is 5.90. The Balaban J connectivity index is 0.00000289. The van der Waals surface area contributed by atoms with E-state index in [0.29, 0.717) is 0 Å². The van der Waals surface area contributed by atoms with Gasteiger partial charge in [0, 0.05) is 6.20 Å². The minimum absolute atomic E-state index is 0. The van der Waals surface area contributed by atoms with E-state index in [9.17, 15) is 18.0 Å². The van der Waals surface area contributed by atoms with Crippen LogP contribution in [-0.2, 0) is 17.5 Å². The third-order valence-electron chi connectivity index (χ3n) is 1.79. The molecule has 5 nitrogen and oxygen atoms in total. The first-order valence-corrected chi connectivity index (χ1v) is 4.70. The summed E-state index contributed by atoms with van der Waals surface area (Å²) in [5.41, 5.74) is 3.10. The number of nitrogens with zero attached hydrogens (tertiary/aromatic N) is 2. The fourth-order valence-corrected chi connectivity index (χ4v) is 1.09. The number of rotatable bonds is 3. The van der Waals surface area contributed by atoms with E-state index in [-0.39, 0.29) is 31.4 Å². The minimum Gasteiger partial charge on any atom is -0.462 e. The first-order chi connectivity index (χ1) is 7.90. The molecule has 1 heterocycles. The molecule has 0 spiro atoms. The van der Waals surface area contributed by atoms with Crippen LogP contribution in [-0.4, -0.2) is 22.5 Å². The SMILES string of the molecule is CCOC(=O)c1cnc(CN)nc1C(F)(F)F.Cl. The molecule has 0 aliphatic rings. The summed E-state index contributed by atoms with van der Waals surface area (Å²) in [4.78, 5) is 18.0. The molecular weight excluding hydrogens is 275 g/mol. The third-order valence-corrected chi connectivity index (χ3v) is 1.79. The van der Waals surface area contributed by atoms with Gasteiger partial charge < -0.3 is 10.5 Å². The average Bonchev–Trinajstić information content (AvgIpc) is 2.27. The number of aromatic nitrogens is 2. The Kier molecular flexibility index (Phi) is 5.99. The number of carbonyl (C=O) groups excluding carboxylic acids is 1. The van der Waals surface area contributed by atoms with Crippen molar-refractivity contribution >= 4 is 18.4 Å². The molecule has 0 fully saturated rings. The lowest BCUT2D eigenvalue weighted by Crippen LogP contribution is -2.20. The van der Waals surface area contributed by atoms with Crippen LogP contribution in [0.5, 0.6) is 0 Å². The molecule has 0 aliphatic heterocycles. The van der Waals surface area contributed by atoms with Gasteiger partial charge >= 0.3 is 12.1 Å². The maximum atomic E-state index is 12.6. The van der Waals surface area contributed by atoms with Crippen molar-refractivity contribution in [2.75, 3.05) is 6.61 Å². The predicted molar refractivity (Wildman–Crippen MR) is 58.1 cm³/mol. The number of hydrogen-bond donors (Lipinski definition) is 1. The number of nitrogens with two attached hydrogens (primary N) is 1. The largest absolute Gasteiger partial charge is 0.462 e. The van der Waals surface area contributed by atoms with Gasteiger partial charge in [-0.2, -0.15) is 13.2 Å². The summed E-state index contributed by atoms with van der Waals surface area (Å²) in [5, 5.41) is 0. The molecule has 9 heteroatoms. The number of halogens is 4. The number of hydrogen-bond acceptors (Lipinski definition) is 5. The van der Waals surface area contributed by atoms with Crippen molar-refractivity contribution in [3.63, 3.8) is 0 Å². The summed E-state index contributed by atoms with van der Waals surface area (Å²) in [5.74, 6) is -1.30. The van der Waals surface area contributed by atoms with Crippen LogP contribution in [0, 0.1) is 0 Å². The standard InChI is InChI=1S/C9H10F3N3O2.ClH/c1-2-17-8(16)5-4-14-6(3-13)15-7(5)9(10,11)12;/h4H,2-3,13H2,1H3;1H. The van der Waals surface area contributed by atoms with Crippen LogP contribution >= 0.6 is 12.4 Å². The molecule has 0 radical (unpaired) electrons. The molecule has 2 N–H and O–H groups in total. The van der Waals surface area contributed by atoms with Gasteiger partial charge in [-0.1, -0.05) is 0 Å². The zero-order chi connectivity index (χ0) is 13.1. The van der Waals surface area contributed by atoms with Crippen molar-refractivity contribution in [3.8, 4) is 0 Å². The Morgan fingerprint density at radius 3 is 2.56 bits per heavy atom. The maximum Gasteiger partial charge on any atom is 0.434 e. The first kappa shape index (κ1) is 16.6. The number of alkyl halides is 3. The van der Waals surface area contributed by atoms with Crippen LogP contribution in [0.1, 0.15) is 28.8 Å². The molecule has 0 bridgehead atoms. The Hall–Kier alpha value is -1.41. The van der Waals surface area contributed by atoms with Crippen molar-refractivity contribution in [1.29, 1.82) is 0 Å². The second-order valence-electron chi connectivity index (χ2n) is 2.97. The van der Waals surface area contributed by atoms with E-state index in [0.717, 1.165) is 6.20 Å². The first-order valence-electron chi connectivity index (χ1n) is 4.70. The molecule has 0 atom stereocenters. The molecule has 1 rings (SSSR count). The summed E-state index contributed by atoms with van der Waals surface area (Å²) in [7, 11) is 0. The summed E-state index contributed by atoms with van der Waals surface area (Å²) in [6.45, 7) is 1.21. The van der Waals surface area contributed by atoms with Gasteiger partial charge in [0.1, 0.15) is 11.4 Å². The summed E-state index contributed by atoms with van der Waals surface area (Å²) >= 11 is 0. The maximum absolute atomic E-state index is 12.6. The second kappa shape index (κ2) is 6.50. The van der Waals surface area contributed by atoms with Gasteiger partial charge in [0.25, 0.3) is 0 Å². The second-order valence-corrected chi connectivity index (χ2v) is 2.97. The van der Waals surface area contributed by atoms with Crippen LogP contribution in [0.3, 0.4) is 0 Å². The fraction of sp³-hybridized carbons (Fsp3) is 0.444. The van der Waals surface area contributed by atoms with E-state index >= 15 is 0 Å². The van der Waals surface area contributed by atoms with Crippen LogP contribution in [0.2, 0.25) is 0 Å². The van der Waals surface area contributed by atoms with Gasteiger partial charge in [-0.25, -0.2) is 14.8 Å². The van der Waals surface area contributed by atoms with Gasteiger partial charge in [-0.3, -0.25) is 0 Å². The Bertz CT molecular complexity index is 426. The molecule has 0 unspecified atom stereocenters. The molecule has 0 amide bonds. The van der Waals surface area contributed by atoms with Crippen molar-refractivity contribution in [2.24, 2.45) is 5.73 Å². The van der Waals surface area contributed by atoms with Gasteiger partial charge in [0.05, 0.1) is 13.2 Å². The molecule has 0 aromatic carbocycles. The minimum atomic E-state index is -4.76. The van der Waals surface area contributed by atoms with Crippen LogP contribution in [0.25, 0.3) is 0 Å². The monoisotopic (exact) mass is 285 g/mol. The lowest BCUT2D eigenvalue weighted by atomic mass is 10.2. The van der Waals surface area contributed by atoms with Crippen LogP contribution in [0.4, 0.5) is 13.2 Å². The fourth-order valence-electron chi connectivity index (χ4n) is 1.09. The van der Waals surface area contributed by atoms with E-state index in [4.69, 9.17) is 5.73 Å². The lowest BCUT2D eigenvalue weighted by Gasteiger charge is -2.11. The topological polar surface area (TPSA) is 78.1 Å². The Morgan fingerprint density at radius 1 is 1.50 bits per heavy atom. The van der Waals surface area contributed by atoms with Gasteiger partial charge in [-0.05, 0) is 6.92 Å². The zero-order valence-corrected chi connectivity index (χ0v) is 10.1. The normalized spacial score (nSPS) is 10.7. The molecule has 0 aliphatic carbocycles. The third kappa shape index (κ3) is 3.81. The highest BCUT2D eigenvalue weighted by atomic mass is 35.5. The Morgan fingerprint density at radius 2 is 2.11 bits per heavy atom. The van der Waals surface area contributed by atoms with E-state index in [1.807, 2.05) is 0 Å². The van der Waals surface area contributed by atoms with Crippen molar-refractivity contribution in [2.45, 2.75) is 19.6 Å².